The first-order valence-electron chi connectivity index (χ1n) is 6.23. The van der Waals surface area contributed by atoms with Gasteiger partial charge in [-0.3, -0.25) is 4.79 Å². The van der Waals surface area contributed by atoms with Crippen LogP contribution in [0.25, 0.3) is 0 Å². The second-order valence-corrected chi connectivity index (χ2v) is 6.59. The number of carbonyl (C=O) groups is 1. The first kappa shape index (κ1) is 13.9. The zero-order valence-electron chi connectivity index (χ0n) is 10.4. The van der Waals surface area contributed by atoms with Gasteiger partial charge in [-0.05, 0) is 52.4 Å². The van der Waals surface area contributed by atoms with E-state index in [2.05, 4.69) is 28.2 Å². The van der Waals surface area contributed by atoms with E-state index in [1.807, 2.05) is 0 Å². The van der Waals surface area contributed by atoms with E-state index in [0.29, 0.717) is 10.6 Å². The van der Waals surface area contributed by atoms with Crippen molar-refractivity contribution in [3.05, 3.63) is 33.3 Å². The summed E-state index contributed by atoms with van der Waals surface area (Å²) in [5, 5.41) is 3.64. The number of hydrogen-bond acceptors (Lipinski definition) is 1. The first-order valence-corrected chi connectivity index (χ1v) is 7.41. The van der Waals surface area contributed by atoms with Gasteiger partial charge in [-0.15, -0.1) is 0 Å². The summed E-state index contributed by atoms with van der Waals surface area (Å²) in [5.74, 6) is -0.0273. The zero-order chi connectivity index (χ0) is 13.2. The summed E-state index contributed by atoms with van der Waals surface area (Å²) in [6, 6.07) is 5.24. The molecule has 2 rings (SSSR count). The van der Waals surface area contributed by atoms with E-state index in [1.54, 1.807) is 18.2 Å². The normalized spacial score (nSPS) is 17.7. The third-order valence-electron chi connectivity index (χ3n) is 3.67. The molecule has 0 atom stereocenters. The summed E-state index contributed by atoms with van der Waals surface area (Å²) in [4.78, 5) is 12.0. The fraction of sp³-hybridized carbons (Fsp3) is 0.500. The number of nitrogens with one attached hydrogen (secondary N) is 1. The fourth-order valence-electron chi connectivity index (χ4n) is 2.44. The summed E-state index contributed by atoms with van der Waals surface area (Å²) in [6.45, 7) is 3.00. The van der Waals surface area contributed by atoms with Gasteiger partial charge >= 0.3 is 0 Å². The summed E-state index contributed by atoms with van der Waals surface area (Å²) >= 11 is 9.24. The Morgan fingerprint density at radius 2 is 2.11 bits per heavy atom. The van der Waals surface area contributed by atoms with Crippen molar-refractivity contribution in [2.45, 2.75) is 32.6 Å². The predicted molar refractivity (Wildman–Crippen MR) is 78.1 cm³/mol. The Hall–Kier alpha value is -0.540. The van der Waals surface area contributed by atoms with Crippen LogP contribution < -0.4 is 5.32 Å². The number of rotatable bonds is 3. The molecule has 0 spiro atoms. The van der Waals surface area contributed by atoms with Crippen molar-refractivity contribution >= 4 is 33.4 Å². The van der Waals surface area contributed by atoms with Gasteiger partial charge in [0.1, 0.15) is 0 Å². The molecule has 1 aromatic carbocycles. The summed E-state index contributed by atoms with van der Waals surface area (Å²) in [6.07, 6.45) is 4.97. The second kappa shape index (κ2) is 5.62. The van der Waals surface area contributed by atoms with E-state index in [1.165, 1.54) is 25.7 Å². The van der Waals surface area contributed by atoms with Crippen LogP contribution >= 0.6 is 27.5 Å². The Morgan fingerprint density at radius 3 is 2.72 bits per heavy atom. The molecular weight excluding hydrogens is 314 g/mol. The fourth-order valence-corrected chi connectivity index (χ4v) is 2.93. The Labute approximate surface area is 121 Å². The van der Waals surface area contributed by atoms with Crippen LogP contribution in [0.4, 0.5) is 0 Å². The molecule has 1 amide bonds. The largest absolute Gasteiger partial charge is 0.351 e. The molecule has 0 bridgehead atoms. The van der Waals surface area contributed by atoms with Gasteiger partial charge in [0, 0.05) is 16.6 Å². The number of benzene rings is 1. The third-order valence-corrected chi connectivity index (χ3v) is 4.88. The van der Waals surface area contributed by atoms with Crippen LogP contribution in [0.15, 0.2) is 22.7 Å². The molecule has 1 aliphatic carbocycles. The van der Waals surface area contributed by atoms with E-state index in [9.17, 15) is 4.79 Å². The smallest absolute Gasteiger partial charge is 0.251 e. The van der Waals surface area contributed by atoms with Crippen molar-refractivity contribution in [1.29, 1.82) is 0 Å². The highest BCUT2D eigenvalue weighted by Gasteiger charge is 2.28. The van der Waals surface area contributed by atoms with Crippen molar-refractivity contribution in [3.63, 3.8) is 0 Å². The van der Waals surface area contributed by atoms with Gasteiger partial charge in [0.15, 0.2) is 0 Å². The quantitative estimate of drug-likeness (QED) is 0.873. The van der Waals surface area contributed by atoms with Crippen molar-refractivity contribution < 1.29 is 4.79 Å². The molecule has 18 heavy (non-hydrogen) atoms. The number of halogens is 2. The zero-order valence-corrected chi connectivity index (χ0v) is 12.8. The number of amides is 1. The van der Waals surface area contributed by atoms with Gasteiger partial charge in [0.25, 0.3) is 5.91 Å². The Morgan fingerprint density at radius 1 is 1.44 bits per heavy atom. The van der Waals surface area contributed by atoms with E-state index in [0.717, 1.165) is 11.0 Å². The molecule has 4 heteroatoms. The predicted octanol–water partition coefficient (Wildman–Crippen LogP) is 4.41. The van der Waals surface area contributed by atoms with Gasteiger partial charge in [0.2, 0.25) is 0 Å². The lowest BCUT2D eigenvalue weighted by Crippen LogP contribution is -2.34. The third kappa shape index (κ3) is 3.27. The first-order chi connectivity index (χ1) is 8.50. The van der Waals surface area contributed by atoms with E-state index in [4.69, 9.17) is 11.6 Å². The molecule has 98 valence electrons. The van der Waals surface area contributed by atoms with Crippen molar-refractivity contribution in [1.82, 2.24) is 5.32 Å². The minimum absolute atomic E-state index is 0.0273. The molecule has 1 fully saturated rings. The summed E-state index contributed by atoms with van der Waals surface area (Å²) in [7, 11) is 0. The molecule has 1 aliphatic rings. The van der Waals surface area contributed by atoms with Crippen LogP contribution in [0.3, 0.4) is 0 Å². The molecule has 0 saturated heterocycles. The minimum atomic E-state index is -0.0273. The average Bonchev–Trinajstić information content (AvgIpc) is 2.77. The van der Waals surface area contributed by atoms with Crippen molar-refractivity contribution in [2.75, 3.05) is 6.54 Å². The Balaban J connectivity index is 1.97. The molecule has 0 aromatic heterocycles. The molecule has 1 saturated carbocycles. The molecule has 0 unspecified atom stereocenters. The molecule has 0 aliphatic heterocycles. The molecule has 0 heterocycles. The highest BCUT2D eigenvalue weighted by atomic mass is 79.9. The molecule has 1 N–H and O–H groups in total. The lowest BCUT2D eigenvalue weighted by Gasteiger charge is -2.23. The lowest BCUT2D eigenvalue weighted by atomic mass is 9.89. The highest BCUT2D eigenvalue weighted by molar-refractivity contribution is 9.10. The van der Waals surface area contributed by atoms with E-state index in [-0.39, 0.29) is 11.3 Å². The molecule has 2 nitrogen and oxygen atoms in total. The SMILES string of the molecule is CC1(CNC(=O)c2ccc(Cl)c(Br)c2)CCCC1. The van der Waals surface area contributed by atoms with Gasteiger partial charge in [-0.1, -0.05) is 31.4 Å². The maximum absolute atomic E-state index is 12.0. The Kier molecular flexibility index (Phi) is 4.33. The van der Waals surface area contributed by atoms with Crippen LogP contribution in [0.5, 0.6) is 0 Å². The molecule has 1 aromatic rings. The number of hydrogen-bond donors (Lipinski definition) is 1. The van der Waals surface area contributed by atoms with E-state index >= 15 is 0 Å². The summed E-state index contributed by atoms with van der Waals surface area (Å²) < 4.78 is 0.754. The van der Waals surface area contributed by atoms with Gasteiger partial charge in [-0.25, -0.2) is 0 Å². The van der Waals surface area contributed by atoms with Crippen LogP contribution in [-0.4, -0.2) is 12.5 Å². The standard InChI is InChI=1S/C14H17BrClNO/c1-14(6-2-3-7-14)9-17-13(18)10-4-5-12(16)11(15)8-10/h4-5,8H,2-3,6-7,9H2,1H3,(H,17,18). The molecule has 0 radical (unpaired) electrons. The maximum Gasteiger partial charge on any atom is 0.251 e. The topological polar surface area (TPSA) is 29.1 Å². The van der Waals surface area contributed by atoms with Gasteiger partial charge in [0.05, 0.1) is 5.02 Å². The van der Waals surface area contributed by atoms with Crippen LogP contribution in [0.2, 0.25) is 5.02 Å². The van der Waals surface area contributed by atoms with Gasteiger partial charge in [-0.2, -0.15) is 0 Å². The van der Waals surface area contributed by atoms with Crippen molar-refractivity contribution in [2.24, 2.45) is 5.41 Å². The van der Waals surface area contributed by atoms with Crippen LogP contribution in [0, 0.1) is 5.41 Å². The minimum Gasteiger partial charge on any atom is -0.351 e. The maximum atomic E-state index is 12.0. The van der Waals surface area contributed by atoms with Crippen LogP contribution in [-0.2, 0) is 0 Å². The average molecular weight is 331 g/mol. The second-order valence-electron chi connectivity index (χ2n) is 5.33. The Bertz CT molecular complexity index is 455. The number of carbonyl (C=O) groups excluding carboxylic acids is 1. The highest BCUT2D eigenvalue weighted by Crippen LogP contribution is 2.36. The molecular formula is C14H17BrClNO. The van der Waals surface area contributed by atoms with E-state index < -0.39 is 0 Å². The van der Waals surface area contributed by atoms with Gasteiger partial charge < -0.3 is 5.32 Å². The van der Waals surface area contributed by atoms with Crippen LogP contribution in [0.1, 0.15) is 43.0 Å². The lowest BCUT2D eigenvalue weighted by molar-refractivity contribution is 0.0934. The summed E-state index contributed by atoms with van der Waals surface area (Å²) in [5.41, 5.74) is 0.923. The van der Waals surface area contributed by atoms with Crippen molar-refractivity contribution in [3.8, 4) is 0 Å². The monoisotopic (exact) mass is 329 g/mol.